The largest absolute Gasteiger partial charge is 0.484 e. The number of fused-ring (bicyclic) bond motifs is 1. The Labute approximate surface area is 169 Å². The normalized spacial score (nSPS) is 10.9. The number of hydrogen-bond donors (Lipinski definition) is 1. The average Bonchev–Trinajstić information content (AvgIpc) is 3.13. The van der Waals surface area contributed by atoms with Gasteiger partial charge in [0.2, 0.25) is 0 Å². The van der Waals surface area contributed by atoms with Crippen molar-refractivity contribution in [2.45, 2.75) is 20.8 Å². The summed E-state index contributed by atoms with van der Waals surface area (Å²) in [6.07, 6.45) is 0. The van der Waals surface area contributed by atoms with E-state index in [1.54, 1.807) is 10.9 Å². The fourth-order valence-electron chi connectivity index (χ4n) is 2.94. The molecule has 1 N–H and O–H groups in total. The summed E-state index contributed by atoms with van der Waals surface area (Å²) in [5, 5.41) is 11.9. The molecule has 0 radical (unpaired) electrons. The molecule has 0 spiro atoms. The van der Waals surface area contributed by atoms with Gasteiger partial charge in [-0.3, -0.25) is 4.79 Å². The van der Waals surface area contributed by atoms with Crippen molar-refractivity contribution >= 4 is 22.6 Å². The monoisotopic (exact) mass is 386 g/mol. The van der Waals surface area contributed by atoms with Crippen molar-refractivity contribution in [3.8, 4) is 11.4 Å². The molecule has 0 saturated heterocycles. The Balaban J connectivity index is 1.44. The van der Waals surface area contributed by atoms with Gasteiger partial charge in [-0.15, -0.1) is 10.2 Å². The molecule has 0 saturated carbocycles. The zero-order chi connectivity index (χ0) is 20.4. The van der Waals surface area contributed by atoms with Gasteiger partial charge in [0.25, 0.3) is 5.91 Å². The Bertz CT molecular complexity index is 1180. The van der Waals surface area contributed by atoms with Gasteiger partial charge in [0, 0.05) is 5.69 Å². The van der Waals surface area contributed by atoms with E-state index >= 15 is 0 Å². The number of nitrogens with zero attached hydrogens (tertiary/aromatic N) is 3. The van der Waals surface area contributed by atoms with Crippen LogP contribution in [0.1, 0.15) is 16.7 Å². The third kappa shape index (κ3) is 4.27. The van der Waals surface area contributed by atoms with Crippen LogP contribution < -0.4 is 10.1 Å². The topological polar surface area (TPSA) is 69.0 Å². The van der Waals surface area contributed by atoms with E-state index in [4.69, 9.17) is 4.74 Å². The van der Waals surface area contributed by atoms with Gasteiger partial charge in [0.1, 0.15) is 16.8 Å². The number of carbonyl (C=O) groups is 1. The molecule has 4 aromatic rings. The predicted molar refractivity (Wildman–Crippen MR) is 114 cm³/mol. The van der Waals surface area contributed by atoms with Gasteiger partial charge >= 0.3 is 0 Å². The van der Waals surface area contributed by atoms with E-state index in [9.17, 15) is 4.79 Å². The van der Waals surface area contributed by atoms with Crippen molar-refractivity contribution < 1.29 is 9.53 Å². The molecule has 3 aromatic carbocycles. The summed E-state index contributed by atoms with van der Waals surface area (Å²) in [5.74, 6) is 0.452. The van der Waals surface area contributed by atoms with Crippen molar-refractivity contribution in [2.24, 2.45) is 0 Å². The Hall–Kier alpha value is -3.67. The van der Waals surface area contributed by atoms with Crippen LogP contribution in [0.3, 0.4) is 0 Å². The van der Waals surface area contributed by atoms with Gasteiger partial charge in [-0.2, -0.15) is 4.80 Å². The fraction of sp³-hybridized carbons (Fsp3) is 0.174. The van der Waals surface area contributed by atoms with Gasteiger partial charge < -0.3 is 10.1 Å². The number of aromatic nitrogens is 3. The first-order chi connectivity index (χ1) is 14.0. The Kier molecular flexibility index (Phi) is 4.99. The number of ether oxygens (including phenoxy) is 1. The van der Waals surface area contributed by atoms with Crippen LogP contribution in [0.2, 0.25) is 0 Å². The molecular weight excluding hydrogens is 364 g/mol. The van der Waals surface area contributed by atoms with Crippen molar-refractivity contribution in [1.82, 2.24) is 15.0 Å². The third-order valence-corrected chi connectivity index (χ3v) is 4.78. The molecule has 0 atom stereocenters. The minimum atomic E-state index is -0.228. The van der Waals surface area contributed by atoms with E-state index in [1.807, 2.05) is 75.4 Å². The number of rotatable bonds is 5. The standard InChI is InChI=1S/C23H22N4O2/c1-15-4-8-19(9-5-15)27-25-21-11-7-18(13-22(21)26-27)24-23(28)14-29-20-10-6-16(2)17(3)12-20/h4-13H,14H2,1-3H3,(H,24,28). The highest BCUT2D eigenvalue weighted by atomic mass is 16.5. The van der Waals surface area contributed by atoms with Crippen LogP contribution in [-0.4, -0.2) is 27.5 Å². The molecule has 6 heteroatoms. The zero-order valence-corrected chi connectivity index (χ0v) is 16.6. The van der Waals surface area contributed by atoms with Crippen molar-refractivity contribution in [1.29, 1.82) is 0 Å². The first-order valence-electron chi connectivity index (χ1n) is 9.42. The number of amides is 1. The molecule has 0 aliphatic rings. The molecule has 0 fully saturated rings. The lowest BCUT2D eigenvalue weighted by molar-refractivity contribution is -0.118. The van der Waals surface area contributed by atoms with Gasteiger partial charge in [0.15, 0.2) is 6.61 Å². The van der Waals surface area contributed by atoms with E-state index in [-0.39, 0.29) is 12.5 Å². The second kappa shape index (κ2) is 7.75. The van der Waals surface area contributed by atoms with Crippen molar-refractivity contribution in [3.63, 3.8) is 0 Å². The number of hydrogen-bond acceptors (Lipinski definition) is 4. The van der Waals surface area contributed by atoms with Crippen LogP contribution in [-0.2, 0) is 4.79 Å². The molecule has 146 valence electrons. The molecule has 0 unspecified atom stereocenters. The zero-order valence-electron chi connectivity index (χ0n) is 16.6. The summed E-state index contributed by atoms with van der Waals surface area (Å²) in [6.45, 7) is 6.03. The van der Waals surface area contributed by atoms with Crippen LogP contribution in [0.4, 0.5) is 5.69 Å². The maximum absolute atomic E-state index is 12.3. The maximum atomic E-state index is 12.3. The lowest BCUT2D eigenvalue weighted by atomic mass is 10.1. The number of aryl methyl sites for hydroxylation is 3. The molecule has 29 heavy (non-hydrogen) atoms. The van der Waals surface area contributed by atoms with E-state index in [1.165, 1.54) is 11.1 Å². The van der Waals surface area contributed by atoms with Crippen LogP contribution in [0, 0.1) is 20.8 Å². The quantitative estimate of drug-likeness (QED) is 0.553. The number of nitrogens with one attached hydrogen (secondary N) is 1. The summed E-state index contributed by atoms with van der Waals surface area (Å²) in [6, 6.07) is 19.2. The molecule has 0 bridgehead atoms. The number of carbonyl (C=O) groups excluding carboxylic acids is 1. The number of anilines is 1. The van der Waals surface area contributed by atoms with E-state index in [0.29, 0.717) is 17.0 Å². The summed E-state index contributed by atoms with van der Waals surface area (Å²) in [7, 11) is 0. The summed E-state index contributed by atoms with van der Waals surface area (Å²) in [4.78, 5) is 13.9. The van der Waals surface area contributed by atoms with E-state index in [0.717, 1.165) is 16.8 Å². The SMILES string of the molecule is Cc1ccc(-n2nc3ccc(NC(=O)COc4ccc(C)c(C)c4)cc3n2)cc1. The minimum absolute atomic E-state index is 0.0589. The maximum Gasteiger partial charge on any atom is 0.262 e. The first kappa shape index (κ1) is 18.7. The molecule has 6 nitrogen and oxygen atoms in total. The molecule has 4 rings (SSSR count). The predicted octanol–water partition coefficient (Wildman–Crippen LogP) is 4.36. The summed E-state index contributed by atoms with van der Waals surface area (Å²) in [5.41, 5.74) is 6.51. The van der Waals surface area contributed by atoms with Gasteiger partial charge in [-0.1, -0.05) is 23.8 Å². The highest BCUT2D eigenvalue weighted by Gasteiger charge is 2.09. The van der Waals surface area contributed by atoms with E-state index < -0.39 is 0 Å². The Morgan fingerprint density at radius 1 is 0.897 bits per heavy atom. The van der Waals surface area contributed by atoms with Crippen LogP contribution in [0.15, 0.2) is 60.7 Å². The molecule has 0 aliphatic carbocycles. The summed E-state index contributed by atoms with van der Waals surface area (Å²) >= 11 is 0. The second-order valence-electron chi connectivity index (χ2n) is 7.11. The third-order valence-electron chi connectivity index (χ3n) is 4.78. The lowest BCUT2D eigenvalue weighted by Crippen LogP contribution is -2.20. The van der Waals surface area contributed by atoms with Crippen LogP contribution in [0.5, 0.6) is 5.75 Å². The highest BCUT2D eigenvalue weighted by Crippen LogP contribution is 2.19. The fourth-order valence-corrected chi connectivity index (χ4v) is 2.94. The molecule has 0 aliphatic heterocycles. The Morgan fingerprint density at radius 2 is 1.66 bits per heavy atom. The minimum Gasteiger partial charge on any atom is -0.484 e. The smallest absolute Gasteiger partial charge is 0.262 e. The van der Waals surface area contributed by atoms with E-state index in [2.05, 4.69) is 15.5 Å². The Morgan fingerprint density at radius 3 is 2.41 bits per heavy atom. The highest BCUT2D eigenvalue weighted by molar-refractivity contribution is 5.93. The van der Waals surface area contributed by atoms with Crippen LogP contribution in [0.25, 0.3) is 16.7 Å². The first-order valence-corrected chi connectivity index (χ1v) is 9.42. The molecule has 1 amide bonds. The van der Waals surface area contributed by atoms with Gasteiger partial charge in [-0.25, -0.2) is 0 Å². The molecular formula is C23H22N4O2. The van der Waals surface area contributed by atoms with Gasteiger partial charge in [-0.05, 0) is 74.4 Å². The van der Waals surface area contributed by atoms with Crippen molar-refractivity contribution in [3.05, 3.63) is 77.4 Å². The summed E-state index contributed by atoms with van der Waals surface area (Å²) < 4.78 is 5.59. The van der Waals surface area contributed by atoms with Gasteiger partial charge in [0.05, 0.1) is 5.69 Å². The molecule has 1 heterocycles. The second-order valence-corrected chi connectivity index (χ2v) is 7.11. The molecule has 1 aromatic heterocycles. The van der Waals surface area contributed by atoms with Crippen molar-refractivity contribution in [2.75, 3.05) is 11.9 Å². The average molecular weight is 386 g/mol. The lowest BCUT2D eigenvalue weighted by Gasteiger charge is -2.09. The number of benzene rings is 3. The van der Waals surface area contributed by atoms with Crippen LogP contribution >= 0.6 is 0 Å².